The molecule has 148 valence electrons. The first-order valence-electron chi connectivity index (χ1n) is 8.46. The van der Waals surface area contributed by atoms with Crippen molar-refractivity contribution in [3.63, 3.8) is 0 Å². The van der Waals surface area contributed by atoms with Crippen molar-refractivity contribution in [2.45, 2.75) is 26.5 Å². The van der Waals surface area contributed by atoms with Crippen LogP contribution in [0.15, 0.2) is 42.5 Å². The van der Waals surface area contributed by atoms with Crippen LogP contribution in [-0.2, 0) is 16.1 Å². The molecule has 0 bridgehead atoms. The van der Waals surface area contributed by atoms with Crippen LogP contribution in [0.25, 0.3) is 0 Å². The molecule has 2 rings (SSSR count). The molecule has 0 aromatic heterocycles. The average Bonchev–Trinajstić information content (AvgIpc) is 2.67. The van der Waals surface area contributed by atoms with E-state index in [1.165, 1.54) is 43.3 Å². The van der Waals surface area contributed by atoms with Crippen molar-refractivity contribution in [3.05, 3.63) is 69.5 Å². The number of nitro groups is 1. The zero-order valence-corrected chi connectivity index (χ0v) is 15.3. The zero-order valence-electron chi connectivity index (χ0n) is 15.3. The van der Waals surface area contributed by atoms with Gasteiger partial charge in [0.1, 0.15) is 5.82 Å². The summed E-state index contributed by atoms with van der Waals surface area (Å²) in [4.78, 5) is 34.7. The van der Waals surface area contributed by atoms with Gasteiger partial charge in [0.25, 0.3) is 5.91 Å². The van der Waals surface area contributed by atoms with Gasteiger partial charge >= 0.3 is 11.7 Å². The zero-order chi connectivity index (χ0) is 20.7. The van der Waals surface area contributed by atoms with E-state index in [1.807, 2.05) is 0 Å². The number of rotatable bonds is 8. The summed E-state index contributed by atoms with van der Waals surface area (Å²) in [5.41, 5.74) is 0.230. The summed E-state index contributed by atoms with van der Waals surface area (Å²) in [5.74, 6) is -1.79. The second kappa shape index (κ2) is 9.45. The molecule has 0 aliphatic heterocycles. The maximum absolute atomic E-state index is 12.9. The van der Waals surface area contributed by atoms with E-state index >= 15 is 0 Å². The molecular formula is C19H19FN2O6. The Balaban J connectivity index is 1.98. The van der Waals surface area contributed by atoms with E-state index in [-0.39, 0.29) is 36.0 Å². The minimum atomic E-state index is -1.13. The lowest BCUT2D eigenvalue weighted by Gasteiger charge is -2.14. The second-order valence-electron chi connectivity index (χ2n) is 5.76. The molecule has 0 saturated heterocycles. The summed E-state index contributed by atoms with van der Waals surface area (Å²) >= 11 is 0. The smallest absolute Gasteiger partial charge is 0.339 e. The standard InChI is InChI=1S/C19H19FN2O6/c1-3-27-17-9-6-14(10-16(17)22(25)26)19(24)28-12(2)18(23)21-11-13-4-7-15(20)8-5-13/h4-10,12H,3,11H2,1-2H3,(H,21,23). The predicted octanol–water partition coefficient (Wildman–Crippen LogP) is 2.99. The molecule has 8 nitrogen and oxygen atoms in total. The lowest BCUT2D eigenvalue weighted by Crippen LogP contribution is -2.35. The van der Waals surface area contributed by atoms with Gasteiger partial charge in [-0.1, -0.05) is 12.1 Å². The van der Waals surface area contributed by atoms with Gasteiger partial charge in [-0.2, -0.15) is 0 Å². The molecule has 2 aromatic rings. The van der Waals surface area contributed by atoms with Gasteiger partial charge in [0.05, 0.1) is 17.1 Å². The van der Waals surface area contributed by atoms with E-state index in [0.717, 1.165) is 6.07 Å². The molecule has 1 amide bonds. The molecule has 0 aliphatic carbocycles. The van der Waals surface area contributed by atoms with E-state index < -0.39 is 22.9 Å². The Labute approximate surface area is 160 Å². The number of benzene rings is 2. The van der Waals surface area contributed by atoms with Gasteiger partial charge in [-0.3, -0.25) is 14.9 Å². The van der Waals surface area contributed by atoms with Crippen LogP contribution in [0.4, 0.5) is 10.1 Å². The topological polar surface area (TPSA) is 108 Å². The molecule has 1 unspecified atom stereocenters. The van der Waals surface area contributed by atoms with E-state index in [9.17, 15) is 24.1 Å². The van der Waals surface area contributed by atoms with E-state index in [0.29, 0.717) is 5.56 Å². The first-order chi connectivity index (χ1) is 13.3. The number of carbonyl (C=O) groups excluding carboxylic acids is 2. The molecule has 28 heavy (non-hydrogen) atoms. The molecule has 0 spiro atoms. The number of amides is 1. The molecule has 0 radical (unpaired) electrons. The number of halogens is 1. The third kappa shape index (κ3) is 5.50. The van der Waals surface area contributed by atoms with Crippen molar-refractivity contribution in [3.8, 4) is 5.75 Å². The third-order valence-electron chi connectivity index (χ3n) is 3.72. The lowest BCUT2D eigenvalue weighted by atomic mass is 10.2. The van der Waals surface area contributed by atoms with Crippen molar-refractivity contribution < 1.29 is 28.4 Å². The molecule has 0 aliphatic rings. The molecule has 0 saturated carbocycles. The Bertz CT molecular complexity index is 869. The number of hydrogen-bond acceptors (Lipinski definition) is 6. The third-order valence-corrected chi connectivity index (χ3v) is 3.72. The first kappa shape index (κ1) is 20.8. The summed E-state index contributed by atoms with van der Waals surface area (Å²) in [5, 5.41) is 13.7. The Morgan fingerprint density at radius 2 is 1.89 bits per heavy atom. The summed E-state index contributed by atoms with van der Waals surface area (Å²) in [6, 6.07) is 9.24. The summed E-state index contributed by atoms with van der Waals surface area (Å²) < 4.78 is 23.1. The van der Waals surface area contributed by atoms with Crippen LogP contribution in [0.5, 0.6) is 5.75 Å². The Kier molecular flexibility index (Phi) is 7.02. The van der Waals surface area contributed by atoms with E-state index in [4.69, 9.17) is 9.47 Å². The Morgan fingerprint density at radius 1 is 1.21 bits per heavy atom. The van der Waals surface area contributed by atoms with E-state index in [1.54, 1.807) is 6.92 Å². The van der Waals surface area contributed by atoms with Crippen LogP contribution in [0.3, 0.4) is 0 Å². The van der Waals surface area contributed by atoms with Gasteiger partial charge < -0.3 is 14.8 Å². The quantitative estimate of drug-likeness (QED) is 0.422. The number of nitrogens with one attached hydrogen (secondary N) is 1. The van der Waals surface area contributed by atoms with Gasteiger partial charge in [0.2, 0.25) is 0 Å². The molecule has 2 aromatic carbocycles. The highest BCUT2D eigenvalue weighted by atomic mass is 19.1. The minimum Gasteiger partial charge on any atom is -0.487 e. The molecule has 1 atom stereocenters. The van der Waals surface area contributed by atoms with Crippen LogP contribution in [-0.4, -0.2) is 29.5 Å². The van der Waals surface area contributed by atoms with Gasteiger partial charge in [0, 0.05) is 12.6 Å². The van der Waals surface area contributed by atoms with Crippen LogP contribution in [0.2, 0.25) is 0 Å². The van der Waals surface area contributed by atoms with Gasteiger partial charge in [-0.15, -0.1) is 0 Å². The fraction of sp³-hybridized carbons (Fsp3) is 0.263. The van der Waals surface area contributed by atoms with Crippen molar-refractivity contribution >= 4 is 17.6 Å². The van der Waals surface area contributed by atoms with Gasteiger partial charge in [-0.25, -0.2) is 9.18 Å². The largest absolute Gasteiger partial charge is 0.487 e. The number of hydrogen-bond donors (Lipinski definition) is 1. The first-order valence-corrected chi connectivity index (χ1v) is 8.46. The van der Waals surface area contributed by atoms with Crippen molar-refractivity contribution in [2.75, 3.05) is 6.61 Å². The second-order valence-corrected chi connectivity index (χ2v) is 5.76. The Morgan fingerprint density at radius 3 is 2.50 bits per heavy atom. The van der Waals surface area contributed by atoms with Crippen molar-refractivity contribution in [1.82, 2.24) is 5.32 Å². The Hall–Kier alpha value is -3.49. The van der Waals surface area contributed by atoms with Crippen LogP contribution < -0.4 is 10.1 Å². The van der Waals surface area contributed by atoms with Crippen molar-refractivity contribution in [1.29, 1.82) is 0 Å². The number of ether oxygens (including phenoxy) is 2. The van der Waals surface area contributed by atoms with Crippen LogP contribution >= 0.6 is 0 Å². The van der Waals surface area contributed by atoms with Crippen molar-refractivity contribution in [2.24, 2.45) is 0 Å². The van der Waals surface area contributed by atoms with Crippen LogP contribution in [0.1, 0.15) is 29.8 Å². The number of nitro benzene ring substituents is 1. The summed E-state index contributed by atoms with van der Waals surface area (Å²) in [6.07, 6.45) is -1.13. The minimum absolute atomic E-state index is 0.0362. The lowest BCUT2D eigenvalue weighted by molar-refractivity contribution is -0.385. The number of carbonyl (C=O) groups is 2. The molecule has 1 N–H and O–H groups in total. The monoisotopic (exact) mass is 390 g/mol. The van der Waals surface area contributed by atoms with Gasteiger partial charge in [0.15, 0.2) is 11.9 Å². The maximum atomic E-state index is 12.9. The number of nitrogens with zero attached hydrogens (tertiary/aromatic N) is 1. The predicted molar refractivity (Wildman–Crippen MR) is 97.4 cm³/mol. The fourth-order valence-electron chi connectivity index (χ4n) is 2.28. The highest BCUT2D eigenvalue weighted by molar-refractivity contribution is 5.93. The highest BCUT2D eigenvalue weighted by Crippen LogP contribution is 2.28. The maximum Gasteiger partial charge on any atom is 0.339 e. The molecule has 9 heteroatoms. The van der Waals surface area contributed by atoms with E-state index in [2.05, 4.69) is 5.32 Å². The van der Waals surface area contributed by atoms with Crippen LogP contribution in [0, 0.1) is 15.9 Å². The molecular weight excluding hydrogens is 371 g/mol. The summed E-state index contributed by atoms with van der Waals surface area (Å²) in [6.45, 7) is 3.42. The van der Waals surface area contributed by atoms with Gasteiger partial charge in [-0.05, 0) is 43.7 Å². The summed E-state index contributed by atoms with van der Waals surface area (Å²) in [7, 11) is 0. The normalized spacial score (nSPS) is 11.4. The SMILES string of the molecule is CCOc1ccc(C(=O)OC(C)C(=O)NCc2ccc(F)cc2)cc1[N+](=O)[O-]. The number of esters is 1. The molecule has 0 fully saturated rings. The fourth-order valence-corrected chi connectivity index (χ4v) is 2.28. The average molecular weight is 390 g/mol. The highest BCUT2D eigenvalue weighted by Gasteiger charge is 2.22. The molecule has 0 heterocycles.